The smallest absolute Gasteiger partial charge is 0.404 e. The van der Waals surface area contributed by atoms with Crippen LogP contribution in [-0.2, 0) is 0 Å². The molecule has 1 amide bonds. The Bertz CT molecular complexity index is 870. The lowest BCUT2D eigenvalue weighted by molar-refractivity contribution is 0.178. The normalized spacial score (nSPS) is 15.9. The number of piperidine rings is 1. The first-order valence-corrected chi connectivity index (χ1v) is 9.66. The van der Waals surface area contributed by atoms with E-state index < -0.39 is 6.09 Å². The van der Waals surface area contributed by atoms with Crippen LogP contribution in [0.2, 0.25) is 10.0 Å². The molecular weight excluding hydrogens is 403 g/mol. The highest BCUT2D eigenvalue weighted by molar-refractivity contribution is 6.43. The predicted molar refractivity (Wildman–Crippen MR) is 110 cm³/mol. The van der Waals surface area contributed by atoms with E-state index in [1.54, 1.807) is 19.4 Å². The van der Waals surface area contributed by atoms with E-state index in [-0.39, 0.29) is 5.41 Å². The SMILES string of the molecule is COc1nc(N2CCC(C)(CNC(=O)O)CC2)ncc1-c1cccc(Cl)c1Cl. The van der Waals surface area contributed by atoms with Crippen LogP contribution in [0.15, 0.2) is 24.4 Å². The maximum Gasteiger partial charge on any atom is 0.404 e. The summed E-state index contributed by atoms with van der Waals surface area (Å²) >= 11 is 12.4. The van der Waals surface area contributed by atoms with Crippen LogP contribution in [0.5, 0.6) is 5.88 Å². The van der Waals surface area contributed by atoms with Gasteiger partial charge in [0.15, 0.2) is 0 Å². The van der Waals surface area contributed by atoms with Gasteiger partial charge in [-0.3, -0.25) is 0 Å². The molecule has 1 aliphatic heterocycles. The van der Waals surface area contributed by atoms with Gasteiger partial charge in [0.25, 0.3) is 0 Å². The highest BCUT2D eigenvalue weighted by Crippen LogP contribution is 2.38. The summed E-state index contributed by atoms with van der Waals surface area (Å²) in [7, 11) is 1.55. The van der Waals surface area contributed by atoms with Crippen molar-refractivity contribution in [3.05, 3.63) is 34.4 Å². The maximum atomic E-state index is 10.8. The standard InChI is InChI=1S/C19H22Cl2N4O3/c1-19(11-23-18(26)27)6-8-25(9-7-19)17-22-10-13(16(24-17)28-2)12-4-3-5-14(20)15(12)21/h3-5,10,23H,6-9,11H2,1-2H3,(H,26,27). The fourth-order valence-electron chi connectivity index (χ4n) is 3.27. The minimum absolute atomic E-state index is 0.0762. The van der Waals surface area contributed by atoms with Gasteiger partial charge in [-0.2, -0.15) is 4.98 Å². The van der Waals surface area contributed by atoms with Crippen LogP contribution in [0.3, 0.4) is 0 Å². The summed E-state index contributed by atoms with van der Waals surface area (Å²) in [5, 5.41) is 12.2. The van der Waals surface area contributed by atoms with Crippen LogP contribution < -0.4 is 15.0 Å². The Labute approximate surface area is 173 Å². The van der Waals surface area contributed by atoms with Crippen molar-refractivity contribution < 1.29 is 14.6 Å². The summed E-state index contributed by atoms with van der Waals surface area (Å²) in [4.78, 5) is 21.9. The zero-order valence-corrected chi connectivity index (χ0v) is 17.2. The second-order valence-electron chi connectivity index (χ2n) is 7.15. The lowest BCUT2D eigenvalue weighted by atomic mass is 9.80. The molecule has 28 heavy (non-hydrogen) atoms. The first-order chi connectivity index (χ1) is 13.3. The van der Waals surface area contributed by atoms with E-state index in [0.717, 1.165) is 25.9 Å². The molecule has 150 valence electrons. The van der Waals surface area contributed by atoms with Crippen molar-refractivity contribution in [3.63, 3.8) is 0 Å². The summed E-state index contributed by atoms with van der Waals surface area (Å²) in [6.07, 6.45) is 2.37. The minimum Gasteiger partial charge on any atom is -0.480 e. The molecule has 0 saturated carbocycles. The third kappa shape index (κ3) is 4.42. The number of anilines is 1. The van der Waals surface area contributed by atoms with Gasteiger partial charge in [0.05, 0.1) is 22.7 Å². The number of hydrogen-bond acceptors (Lipinski definition) is 5. The summed E-state index contributed by atoms with van der Waals surface area (Å²) < 4.78 is 5.48. The second kappa shape index (κ2) is 8.41. The first-order valence-electron chi connectivity index (χ1n) is 8.90. The monoisotopic (exact) mass is 424 g/mol. The number of carbonyl (C=O) groups is 1. The van der Waals surface area contributed by atoms with Gasteiger partial charge in [0.1, 0.15) is 0 Å². The number of rotatable bonds is 5. The van der Waals surface area contributed by atoms with Crippen molar-refractivity contribution in [2.45, 2.75) is 19.8 Å². The third-order valence-electron chi connectivity index (χ3n) is 5.10. The van der Waals surface area contributed by atoms with E-state index in [0.29, 0.717) is 39.5 Å². The Morgan fingerprint density at radius 1 is 1.32 bits per heavy atom. The van der Waals surface area contributed by atoms with Gasteiger partial charge in [-0.15, -0.1) is 0 Å². The Morgan fingerprint density at radius 2 is 2.04 bits per heavy atom. The number of amides is 1. The number of carboxylic acid groups (broad SMARTS) is 1. The second-order valence-corrected chi connectivity index (χ2v) is 7.94. The van der Waals surface area contributed by atoms with Gasteiger partial charge in [-0.1, -0.05) is 42.3 Å². The Kier molecular flexibility index (Phi) is 6.15. The predicted octanol–water partition coefficient (Wildman–Crippen LogP) is 4.33. The summed E-state index contributed by atoms with van der Waals surface area (Å²) in [6.45, 7) is 4.00. The number of aromatic nitrogens is 2. The molecule has 0 spiro atoms. The molecule has 1 aromatic heterocycles. The number of halogens is 2. The van der Waals surface area contributed by atoms with Crippen LogP contribution in [0.4, 0.5) is 10.7 Å². The average Bonchev–Trinajstić information content (AvgIpc) is 2.69. The van der Waals surface area contributed by atoms with Crippen LogP contribution in [0.1, 0.15) is 19.8 Å². The summed E-state index contributed by atoms with van der Waals surface area (Å²) in [5.41, 5.74) is 1.31. The zero-order valence-electron chi connectivity index (χ0n) is 15.7. The molecule has 3 rings (SSSR count). The summed E-state index contributed by atoms with van der Waals surface area (Å²) in [6, 6.07) is 5.38. The number of benzene rings is 1. The van der Waals surface area contributed by atoms with E-state index in [1.807, 2.05) is 12.1 Å². The maximum absolute atomic E-state index is 10.8. The van der Waals surface area contributed by atoms with Crippen LogP contribution in [0, 0.1) is 5.41 Å². The van der Waals surface area contributed by atoms with Crippen molar-refractivity contribution in [3.8, 4) is 17.0 Å². The van der Waals surface area contributed by atoms with Crippen molar-refractivity contribution in [1.82, 2.24) is 15.3 Å². The fraction of sp³-hybridized carbons (Fsp3) is 0.421. The molecule has 0 aliphatic carbocycles. The van der Waals surface area contributed by atoms with Crippen molar-refractivity contribution in [2.75, 3.05) is 31.6 Å². The van der Waals surface area contributed by atoms with Gasteiger partial charge < -0.3 is 20.1 Å². The minimum atomic E-state index is -0.994. The molecule has 2 heterocycles. The number of nitrogens with zero attached hydrogens (tertiary/aromatic N) is 3. The van der Waals surface area contributed by atoms with E-state index >= 15 is 0 Å². The Hall–Kier alpha value is -2.25. The molecule has 9 heteroatoms. The van der Waals surface area contributed by atoms with Crippen LogP contribution in [0.25, 0.3) is 11.1 Å². The topological polar surface area (TPSA) is 87.6 Å². The van der Waals surface area contributed by atoms with Crippen molar-refractivity contribution >= 4 is 35.2 Å². The lowest BCUT2D eigenvalue weighted by Crippen LogP contribution is -2.45. The number of hydrogen-bond donors (Lipinski definition) is 2. The largest absolute Gasteiger partial charge is 0.480 e. The van der Waals surface area contributed by atoms with E-state index in [1.165, 1.54) is 0 Å². The number of nitrogens with one attached hydrogen (secondary N) is 1. The third-order valence-corrected chi connectivity index (χ3v) is 5.91. The van der Waals surface area contributed by atoms with Gasteiger partial charge in [-0.25, -0.2) is 9.78 Å². The first kappa shape index (κ1) is 20.5. The van der Waals surface area contributed by atoms with Crippen LogP contribution in [-0.4, -0.2) is 47.9 Å². The molecule has 2 N–H and O–H groups in total. The average molecular weight is 425 g/mol. The highest BCUT2D eigenvalue weighted by Gasteiger charge is 2.31. The van der Waals surface area contributed by atoms with E-state index in [2.05, 4.69) is 27.1 Å². The zero-order chi connectivity index (χ0) is 20.3. The Balaban J connectivity index is 1.78. The molecule has 0 atom stereocenters. The molecule has 2 aromatic rings. The molecular formula is C19H22Cl2N4O3. The molecule has 0 bridgehead atoms. The number of ether oxygens (including phenoxy) is 1. The molecule has 7 nitrogen and oxygen atoms in total. The number of methoxy groups -OCH3 is 1. The van der Waals surface area contributed by atoms with Gasteiger partial charge in [0.2, 0.25) is 11.8 Å². The molecule has 0 radical (unpaired) electrons. The quantitative estimate of drug-likeness (QED) is 0.742. The van der Waals surface area contributed by atoms with Crippen molar-refractivity contribution in [2.24, 2.45) is 5.41 Å². The molecule has 0 unspecified atom stereocenters. The van der Waals surface area contributed by atoms with Gasteiger partial charge >= 0.3 is 6.09 Å². The molecule has 1 fully saturated rings. The van der Waals surface area contributed by atoms with Gasteiger partial charge in [0, 0.05) is 31.4 Å². The fourth-order valence-corrected chi connectivity index (χ4v) is 3.68. The molecule has 1 aromatic carbocycles. The molecule has 1 aliphatic rings. The van der Waals surface area contributed by atoms with Gasteiger partial charge in [-0.05, 0) is 24.3 Å². The highest BCUT2D eigenvalue weighted by atomic mass is 35.5. The van der Waals surface area contributed by atoms with Crippen LogP contribution >= 0.6 is 23.2 Å². The Morgan fingerprint density at radius 3 is 2.68 bits per heavy atom. The van der Waals surface area contributed by atoms with Crippen molar-refractivity contribution in [1.29, 1.82) is 0 Å². The molecule has 1 saturated heterocycles. The van der Waals surface area contributed by atoms with E-state index in [4.69, 9.17) is 33.0 Å². The summed E-state index contributed by atoms with van der Waals surface area (Å²) in [5.74, 6) is 1.00. The lowest BCUT2D eigenvalue weighted by Gasteiger charge is -2.39. The van der Waals surface area contributed by atoms with E-state index in [9.17, 15) is 4.79 Å².